The van der Waals surface area contributed by atoms with E-state index in [1.54, 1.807) is 0 Å². The molecule has 0 N–H and O–H groups in total. The van der Waals surface area contributed by atoms with E-state index < -0.39 is 14.5 Å². The van der Waals surface area contributed by atoms with E-state index >= 15 is 0 Å². The Hall–Kier alpha value is -0.0275. The summed E-state index contributed by atoms with van der Waals surface area (Å²) in [4.78, 5) is 0. The number of hydrogen-bond acceptors (Lipinski definition) is 1. The highest BCUT2D eigenvalue weighted by Gasteiger charge is 2.47. The molecule has 1 unspecified atom stereocenters. The molecule has 0 fully saturated rings. The van der Waals surface area contributed by atoms with E-state index in [9.17, 15) is 0 Å². The van der Waals surface area contributed by atoms with Crippen LogP contribution in [0.4, 0.5) is 0 Å². The van der Waals surface area contributed by atoms with E-state index in [1.807, 2.05) is 0 Å². The molecule has 0 aromatic rings. The van der Waals surface area contributed by atoms with Crippen LogP contribution in [0.3, 0.4) is 0 Å². The van der Waals surface area contributed by atoms with Gasteiger partial charge in [0.15, 0.2) is 0 Å². The van der Waals surface area contributed by atoms with Crippen LogP contribution in [0.25, 0.3) is 0 Å². The largest absolute Gasteiger partial charge is 0.492 e. The van der Waals surface area contributed by atoms with Crippen LogP contribution in [-0.4, -0.2) is 20.1 Å². The Labute approximate surface area is 143 Å². The van der Waals surface area contributed by atoms with Crippen molar-refractivity contribution < 1.29 is 3.79 Å². The first-order valence-corrected chi connectivity index (χ1v) is 10.7. The lowest BCUT2D eigenvalue weighted by Crippen LogP contribution is -2.50. The van der Waals surface area contributed by atoms with E-state index in [1.165, 1.54) is 5.57 Å². The lowest BCUT2D eigenvalue weighted by atomic mass is 9.67. The van der Waals surface area contributed by atoms with Crippen LogP contribution in [0, 0.1) is 10.8 Å². The fourth-order valence-electron chi connectivity index (χ4n) is 3.29. The summed E-state index contributed by atoms with van der Waals surface area (Å²) in [5, 5.41) is 0. The first kappa shape index (κ1) is 20.0. The maximum atomic E-state index is 7.00. The third-order valence-electron chi connectivity index (χ3n) is 5.01. The van der Waals surface area contributed by atoms with Crippen LogP contribution in [0.1, 0.15) is 75.7 Å². The molecule has 0 aliphatic heterocycles. The third-order valence-corrected chi connectivity index (χ3v) is 8.33. The van der Waals surface area contributed by atoms with Gasteiger partial charge in [0.2, 0.25) is 0 Å². The lowest BCUT2D eigenvalue weighted by Gasteiger charge is -2.49. The van der Waals surface area contributed by atoms with Crippen molar-refractivity contribution in [3.63, 3.8) is 0 Å². The topological polar surface area (TPSA) is 9.23 Å². The molecule has 0 saturated heterocycles. The summed E-state index contributed by atoms with van der Waals surface area (Å²) < 4.78 is 8.33. The van der Waals surface area contributed by atoms with E-state index in [0.717, 1.165) is 6.42 Å². The first-order valence-electron chi connectivity index (χ1n) is 8.87. The zero-order chi connectivity index (χ0) is 17.3. The lowest BCUT2D eigenvalue weighted by molar-refractivity contribution is 0.000584. The summed E-state index contributed by atoms with van der Waals surface area (Å²) in [6.07, 6.45) is 7.91. The Morgan fingerprint density at radius 1 is 1.00 bits per heavy atom. The van der Waals surface area contributed by atoms with Crippen LogP contribution in [0.5, 0.6) is 0 Å². The van der Waals surface area contributed by atoms with Crippen molar-refractivity contribution in [3.8, 4) is 0 Å². The average molecular weight is 320 g/mol. The maximum absolute atomic E-state index is 7.00. The van der Waals surface area contributed by atoms with Crippen molar-refractivity contribution in [2.45, 2.75) is 90.8 Å². The molecular formula is C20H37AlO. The molecule has 0 saturated carbocycles. The van der Waals surface area contributed by atoms with Crippen LogP contribution in [0.15, 0.2) is 23.8 Å². The molecule has 0 spiro atoms. The van der Waals surface area contributed by atoms with Crippen LogP contribution >= 0.6 is 0 Å². The molecule has 22 heavy (non-hydrogen) atoms. The van der Waals surface area contributed by atoms with E-state index in [-0.39, 0.29) is 16.4 Å². The minimum absolute atomic E-state index is 0.100. The number of hydrogen-bond donors (Lipinski definition) is 0. The highest BCUT2D eigenvalue weighted by molar-refractivity contribution is 6.55. The fraction of sp³-hybridized carbons (Fsp3) is 0.800. The second-order valence-corrected chi connectivity index (χ2v) is 13.5. The highest BCUT2D eigenvalue weighted by Crippen LogP contribution is 2.47. The van der Waals surface area contributed by atoms with Crippen LogP contribution < -0.4 is 0 Å². The zero-order valence-corrected chi connectivity index (χ0v) is 17.7. The van der Waals surface area contributed by atoms with Gasteiger partial charge >= 0.3 is 14.5 Å². The molecule has 0 heterocycles. The van der Waals surface area contributed by atoms with Gasteiger partial charge in [0, 0.05) is 0 Å². The monoisotopic (exact) mass is 320 g/mol. The predicted octanol–water partition coefficient (Wildman–Crippen LogP) is 6.53. The standard InChI is InChI=1S/C14H23O.2C3H7.Al/c1-12(2,3)11-8-7-9-14(15,10-11)13(4,5)6;2*1-3-2;/h7-9H,10H2,1-6H3;2*3H,1-2H3;/q-1;;;+1. The predicted molar refractivity (Wildman–Crippen MR) is 101 cm³/mol. The van der Waals surface area contributed by atoms with Crippen molar-refractivity contribution in [2.24, 2.45) is 10.8 Å². The normalized spacial score (nSPS) is 23.2. The van der Waals surface area contributed by atoms with Gasteiger partial charge in [-0.15, -0.1) is 0 Å². The van der Waals surface area contributed by atoms with E-state index in [4.69, 9.17) is 3.79 Å². The minimum Gasteiger partial charge on any atom is -0.492 e. The summed E-state index contributed by atoms with van der Waals surface area (Å²) in [5.74, 6) is 0. The summed E-state index contributed by atoms with van der Waals surface area (Å²) in [7, 11) is 0. The molecule has 1 rings (SSSR count). The molecule has 0 aromatic carbocycles. The molecule has 1 aliphatic carbocycles. The second kappa shape index (κ2) is 6.84. The summed E-state index contributed by atoms with van der Waals surface area (Å²) in [5.41, 5.74) is 1.65. The number of rotatable bonds is 4. The van der Waals surface area contributed by atoms with Crippen molar-refractivity contribution in [2.75, 3.05) is 0 Å². The Kier molecular flexibility index (Phi) is 6.22. The Bertz CT molecular complexity index is 424. The zero-order valence-electron chi connectivity index (χ0n) is 16.6. The summed E-state index contributed by atoms with van der Waals surface area (Å²) in [6.45, 7) is 23.3. The van der Waals surface area contributed by atoms with E-state index in [2.05, 4.69) is 87.5 Å². The molecule has 1 nitrogen and oxygen atoms in total. The Morgan fingerprint density at radius 3 is 1.86 bits per heavy atom. The van der Waals surface area contributed by atoms with Gasteiger partial charge < -0.3 is 3.79 Å². The van der Waals surface area contributed by atoms with Gasteiger partial charge in [-0.3, -0.25) is 0 Å². The molecule has 1 atom stereocenters. The molecule has 0 bridgehead atoms. The first-order chi connectivity index (χ1) is 9.80. The van der Waals surface area contributed by atoms with Crippen molar-refractivity contribution in [1.29, 1.82) is 0 Å². The summed E-state index contributed by atoms with van der Waals surface area (Å²) in [6, 6.07) is 0. The number of allylic oxidation sites excluding steroid dienone is 2. The highest BCUT2D eigenvalue weighted by atomic mass is 27.2. The van der Waals surface area contributed by atoms with Gasteiger partial charge in [0.05, 0.1) is 5.60 Å². The minimum atomic E-state index is -1.28. The van der Waals surface area contributed by atoms with Gasteiger partial charge in [0.25, 0.3) is 0 Å². The van der Waals surface area contributed by atoms with Gasteiger partial charge in [-0.05, 0) is 17.3 Å². The summed E-state index contributed by atoms with van der Waals surface area (Å²) >= 11 is -1.28. The third kappa shape index (κ3) is 4.50. The van der Waals surface area contributed by atoms with Crippen LogP contribution in [-0.2, 0) is 3.79 Å². The second-order valence-electron chi connectivity index (χ2n) is 9.69. The molecule has 0 radical (unpaired) electrons. The maximum Gasteiger partial charge on any atom is 0.467 e. The molecule has 0 amide bonds. The van der Waals surface area contributed by atoms with Crippen LogP contribution in [0.2, 0.25) is 9.56 Å². The van der Waals surface area contributed by atoms with E-state index in [0.29, 0.717) is 9.56 Å². The van der Waals surface area contributed by atoms with Crippen molar-refractivity contribution >= 4 is 14.5 Å². The van der Waals surface area contributed by atoms with Gasteiger partial charge in [-0.1, -0.05) is 103 Å². The van der Waals surface area contributed by atoms with Gasteiger partial charge in [-0.2, -0.15) is 0 Å². The molecule has 0 aromatic heterocycles. The molecule has 1 aliphatic rings. The Morgan fingerprint density at radius 2 is 1.50 bits per heavy atom. The fourth-order valence-corrected chi connectivity index (χ4v) is 6.38. The quantitative estimate of drug-likeness (QED) is 0.535. The average Bonchev–Trinajstić information content (AvgIpc) is 2.33. The molecular weight excluding hydrogens is 283 g/mol. The molecule has 2 heteroatoms. The van der Waals surface area contributed by atoms with Gasteiger partial charge in [0.1, 0.15) is 0 Å². The smallest absolute Gasteiger partial charge is 0.467 e. The van der Waals surface area contributed by atoms with Crippen molar-refractivity contribution in [3.05, 3.63) is 23.8 Å². The SMILES string of the molecule is C[CH](C)[Al]([O]C1(C(C)(C)C)C=CC=C(C(C)(C)C)C1)[CH](C)C. The van der Waals surface area contributed by atoms with Crippen molar-refractivity contribution in [1.82, 2.24) is 0 Å². The molecule has 126 valence electrons. The Balaban J connectivity index is 3.20. The van der Waals surface area contributed by atoms with Gasteiger partial charge in [-0.25, -0.2) is 0 Å².